The molecule has 2 aromatic rings. The normalized spacial score (nSPS) is 18.8. The van der Waals surface area contributed by atoms with Gasteiger partial charge in [0, 0.05) is 13.0 Å². The van der Waals surface area contributed by atoms with E-state index in [2.05, 4.69) is 10.6 Å². The van der Waals surface area contributed by atoms with E-state index in [9.17, 15) is 24.3 Å². The van der Waals surface area contributed by atoms with Gasteiger partial charge in [-0.2, -0.15) is 0 Å². The third-order valence-corrected chi connectivity index (χ3v) is 6.72. The number of phenols is 1. The molecule has 0 spiro atoms. The molecule has 0 fully saturated rings. The van der Waals surface area contributed by atoms with Gasteiger partial charge < -0.3 is 32.1 Å². The minimum atomic E-state index is -1.36. The number of aromatic hydroxyl groups is 1. The van der Waals surface area contributed by atoms with Crippen LogP contribution in [0.5, 0.6) is 5.75 Å². The fourth-order valence-electron chi connectivity index (χ4n) is 4.75. The molecule has 0 bridgehead atoms. The molecule has 0 aromatic heterocycles. The van der Waals surface area contributed by atoms with Crippen molar-refractivity contribution in [2.45, 2.75) is 64.7 Å². The van der Waals surface area contributed by atoms with E-state index in [1.165, 1.54) is 11.8 Å². The Hall–Kier alpha value is -3.92. The molecule has 4 amide bonds. The van der Waals surface area contributed by atoms with E-state index in [0.29, 0.717) is 0 Å². The summed E-state index contributed by atoms with van der Waals surface area (Å²) in [7, 11) is 0. The Morgan fingerprint density at radius 3 is 2.30 bits per heavy atom. The van der Waals surface area contributed by atoms with Gasteiger partial charge in [-0.1, -0.05) is 24.3 Å². The number of aryl methyl sites for hydroxylation is 2. The Morgan fingerprint density at radius 1 is 1.11 bits per heavy atom. The average molecular weight is 510 g/mol. The first-order valence-electron chi connectivity index (χ1n) is 12.1. The van der Waals surface area contributed by atoms with E-state index in [4.69, 9.17) is 11.5 Å². The summed E-state index contributed by atoms with van der Waals surface area (Å²) in [6, 6.07) is 8.73. The number of nitrogens with two attached hydrogens (primary N) is 2. The zero-order chi connectivity index (χ0) is 27.5. The van der Waals surface area contributed by atoms with Crippen LogP contribution in [0.15, 0.2) is 36.4 Å². The maximum Gasteiger partial charge on any atom is 0.249 e. The number of phenolic OH excluding ortho intramolecular Hbond substituents is 1. The first-order valence-corrected chi connectivity index (χ1v) is 12.1. The largest absolute Gasteiger partial charge is 0.508 e. The van der Waals surface area contributed by atoms with Gasteiger partial charge in [0.15, 0.2) is 0 Å². The monoisotopic (exact) mass is 509 g/mol. The highest BCUT2D eigenvalue weighted by molar-refractivity contribution is 5.96. The Balaban J connectivity index is 1.72. The molecule has 2 aromatic carbocycles. The van der Waals surface area contributed by atoms with Gasteiger partial charge in [0.2, 0.25) is 23.6 Å². The fraction of sp³-hybridized carbons (Fsp3) is 0.407. The van der Waals surface area contributed by atoms with Crippen molar-refractivity contribution in [3.8, 4) is 5.75 Å². The Bertz CT molecular complexity index is 1210. The topological polar surface area (TPSA) is 168 Å². The molecular weight excluding hydrogens is 474 g/mol. The molecule has 0 radical (unpaired) electrons. The Kier molecular flexibility index (Phi) is 8.22. The van der Waals surface area contributed by atoms with Crippen molar-refractivity contribution in [2.24, 2.45) is 11.5 Å². The van der Waals surface area contributed by atoms with Crippen LogP contribution in [0.4, 0.5) is 0 Å². The molecule has 37 heavy (non-hydrogen) atoms. The number of nitrogens with one attached hydrogen (secondary N) is 2. The molecule has 3 rings (SSSR count). The van der Waals surface area contributed by atoms with Gasteiger partial charge in [0.05, 0.1) is 12.6 Å². The summed E-state index contributed by atoms with van der Waals surface area (Å²) >= 11 is 0. The van der Waals surface area contributed by atoms with Gasteiger partial charge in [0.25, 0.3) is 0 Å². The van der Waals surface area contributed by atoms with Crippen LogP contribution in [0.25, 0.3) is 0 Å². The number of hydrogen-bond acceptors (Lipinski definition) is 6. The molecular formula is C27H35N5O5. The van der Waals surface area contributed by atoms with Crippen LogP contribution >= 0.6 is 0 Å². The molecule has 198 valence electrons. The molecule has 7 N–H and O–H groups in total. The van der Waals surface area contributed by atoms with Crippen LogP contribution in [0.1, 0.15) is 41.7 Å². The summed E-state index contributed by atoms with van der Waals surface area (Å²) < 4.78 is 0. The lowest BCUT2D eigenvalue weighted by molar-refractivity contribution is -0.143. The number of carbonyl (C=O) groups excluding carboxylic acids is 4. The molecule has 10 nitrogen and oxygen atoms in total. The smallest absolute Gasteiger partial charge is 0.249 e. The number of primary amides is 1. The second kappa shape index (κ2) is 11.0. The predicted molar refractivity (Wildman–Crippen MR) is 138 cm³/mol. The van der Waals surface area contributed by atoms with Crippen LogP contribution in [-0.4, -0.2) is 57.8 Å². The minimum absolute atomic E-state index is 0.139. The number of fused-ring (bicyclic) bond motifs is 1. The van der Waals surface area contributed by atoms with E-state index < -0.39 is 41.3 Å². The van der Waals surface area contributed by atoms with Crippen LogP contribution in [0, 0.1) is 13.8 Å². The SMILES string of the molecule is Cc1cc(O)cc(C)c1C[C@H](N)C(=O)N[C@H](C)C(=O)N[C@]1(C)Cc2ccccc2CN(CC(N)=O)C1=O. The van der Waals surface area contributed by atoms with Gasteiger partial charge in [-0.05, 0) is 74.1 Å². The number of rotatable bonds is 8. The van der Waals surface area contributed by atoms with E-state index in [-0.39, 0.29) is 31.7 Å². The maximum absolute atomic E-state index is 13.4. The second-order valence-corrected chi connectivity index (χ2v) is 9.99. The molecule has 1 aliphatic rings. The van der Waals surface area contributed by atoms with Crippen LogP contribution in [0.2, 0.25) is 0 Å². The van der Waals surface area contributed by atoms with E-state index >= 15 is 0 Å². The summed E-state index contributed by atoms with van der Waals surface area (Å²) in [6.07, 6.45) is 0.440. The number of hydrogen-bond donors (Lipinski definition) is 5. The van der Waals surface area contributed by atoms with Crippen molar-refractivity contribution in [3.63, 3.8) is 0 Å². The fourth-order valence-corrected chi connectivity index (χ4v) is 4.75. The molecule has 1 heterocycles. The lowest BCUT2D eigenvalue weighted by Crippen LogP contribution is -2.62. The first-order chi connectivity index (χ1) is 17.3. The maximum atomic E-state index is 13.4. The Morgan fingerprint density at radius 2 is 1.70 bits per heavy atom. The van der Waals surface area contributed by atoms with Crippen molar-refractivity contribution in [3.05, 3.63) is 64.2 Å². The van der Waals surface area contributed by atoms with E-state index in [1.807, 2.05) is 38.1 Å². The summed E-state index contributed by atoms with van der Waals surface area (Å²) in [5.74, 6) is -2.04. The standard InChI is InChI=1S/C27H35N5O5/c1-15-9-20(33)10-16(2)21(15)11-22(28)25(36)30-17(3)24(35)31-27(4)12-18-7-5-6-8-19(18)13-32(26(27)37)14-23(29)34/h5-10,17,22,33H,11-14,28H2,1-4H3,(H2,29,34)(H,30,36)(H,31,35)/t17-,22+,27-/m1/s1. The molecule has 0 aliphatic carbocycles. The minimum Gasteiger partial charge on any atom is -0.508 e. The van der Waals surface area contributed by atoms with Crippen molar-refractivity contribution in [1.82, 2.24) is 15.5 Å². The average Bonchev–Trinajstić information content (AvgIpc) is 2.90. The van der Waals surface area contributed by atoms with Crippen LogP contribution in [-0.2, 0) is 38.6 Å². The number of nitrogens with zero attached hydrogens (tertiary/aromatic N) is 1. The third kappa shape index (κ3) is 6.45. The van der Waals surface area contributed by atoms with Crippen LogP contribution < -0.4 is 22.1 Å². The molecule has 1 aliphatic heterocycles. The number of amides is 4. The quantitative estimate of drug-likeness (QED) is 0.344. The van der Waals surface area contributed by atoms with Gasteiger partial charge in [0.1, 0.15) is 17.3 Å². The van der Waals surface area contributed by atoms with Gasteiger partial charge >= 0.3 is 0 Å². The van der Waals surface area contributed by atoms with Gasteiger partial charge in [-0.3, -0.25) is 19.2 Å². The predicted octanol–water partition coefficient (Wildman–Crippen LogP) is 0.329. The zero-order valence-electron chi connectivity index (χ0n) is 21.6. The van der Waals surface area contributed by atoms with Crippen molar-refractivity contribution in [1.29, 1.82) is 0 Å². The van der Waals surface area contributed by atoms with Crippen molar-refractivity contribution >= 4 is 23.6 Å². The van der Waals surface area contributed by atoms with Gasteiger partial charge in [-0.25, -0.2) is 0 Å². The highest BCUT2D eigenvalue weighted by Gasteiger charge is 2.42. The lowest BCUT2D eigenvalue weighted by atomic mass is 9.90. The molecule has 0 saturated carbocycles. The molecule has 10 heteroatoms. The van der Waals surface area contributed by atoms with Gasteiger partial charge in [-0.15, -0.1) is 0 Å². The molecule has 3 atom stereocenters. The zero-order valence-corrected chi connectivity index (χ0v) is 21.6. The van der Waals surface area contributed by atoms with Crippen molar-refractivity contribution < 1.29 is 24.3 Å². The molecule has 0 unspecified atom stereocenters. The highest BCUT2D eigenvalue weighted by atomic mass is 16.3. The molecule has 0 saturated heterocycles. The summed E-state index contributed by atoms with van der Waals surface area (Å²) in [5, 5.41) is 15.1. The Labute approximate surface area is 216 Å². The number of carbonyl (C=O) groups is 4. The summed E-state index contributed by atoms with van der Waals surface area (Å²) in [6.45, 7) is 6.67. The second-order valence-electron chi connectivity index (χ2n) is 9.99. The first kappa shape index (κ1) is 27.7. The van der Waals surface area contributed by atoms with E-state index in [1.54, 1.807) is 19.1 Å². The van der Waals surface area contributed by atoms with Crippen LogP contribution in [0.3, 0.4) is 0 Å². The van der Waals surface area contributed by atoms with Crippen molar-refractivity contribution in [2.75, 3.05) is 6.54 Å². The lowest BCUT2D eigenvalue weighted by Gasteiger charge is -2.33. The summed E-state index contributed by atoms with van der Waals surface area (Å²) in [5.41, 5.74) is 14.3. The van der Waals surface area contributed by atoms with E-state index in [0.717, 1.165) is 27.8 Å². The number of benzene rings is 2. The third-order valence-electron chi connectivity index (χ3n) is 6.72. The summed E-state index contributed by atoms with van der Waals surface area (Å²) in [4.78, 5) is 52.3. The highest BCUT2D eigenvalue weighted by Crippen LogP contribution is 2.26.